The summed E-state index contributed by atoms with van der Waals surface area (Å²) in [5.74, 6) is -2.52. The zero-order chi connectivity index (χ0) is 15.0. The van der Waals surface area contributed by atoms with Crippen LogP contribution in [0, 0.1) is 0 Å². The van der Waals surface area contributed by atoms with Crippen LogP contribution in [0.15, 0.2) is 0 Å². The highest BCUT2D eigenvalue weighted by Gasteiger charge is 2.21. The first-order valence-electron chi connectivity index (χ1n) is 5.92. The van der Waals surface area contributed by atoms with Crippen molar-refractivity contribution in [2.24, 2.45) is 0 Å². The average Bonchev–Trinajstić information content (AvgIpc) is 2.31. The number of nitrogens with one attached hydrogen (secondary N) is 2. The predicted molar refractivity (Wildman–Crippen MR) is 65.2 cm³/mol. The fourth-order valence-electron chi connectivity index (χ4n) is 1.22. The van der Waals surface area contributed by atoms with Crippen molar-refractivity contribution in [1.29, 1.82) is 0 Å². The molecule has 0 aliphatic rings. The van der Waals surface area contributed by atoms with Gasteiger partial charge in [-0.15, -0.1) is 0 Å². The van der Waals surface area contributed by atoms with Gasteiger partial charge in [0.25, 0.3) is 0 Å². The van der Waals surface area contributed by atoms with E-state index in [0.717, 1.165) is 0 Å². The molecule has 0 heterocycles. The number of carbonyl (C=O) groups is 3. The Morgan fingerprint density at radius 1 is 1.05 bits per heavy atom. The summed E-state index contributed by atoms with van der Waals surface area (Å²) in [5.41, 5.74) is 0. The van der Waals surface area contributed by atoms with E-state index in [-0.39, 0.29) is 13.0 Å². The van der Waals surface area contributed by atoms with Gasteiger partial charge in [0.05, 0.1) is 0 Å². The minimum Gasteiger partial charge on any atom is -0.480 e. The molecular formula is C11H20N2O6. The topological polar surface area (TPSA) is 136 Å². The Hall–Kier alpha value is -1.67. The molecule has 0 aromatic heterocycles. The summed E-state index contributed by atoms with van der Waals surface area (Å²) in [4.78, 5) is 33.0. The lowest BCUT2D eigenvalue weighted by Crippen LogP contribution is -2.45. The molecule has 0 saturated heterocycles. The van der Waals surface area contributed by atoms with E-state index in [1.807, 2.05) is 0 Å². The predicted octanol–water partition coefficient (Wildman–Crippen LogP) is -1.79. The van der Waals surface area contributed by atoms with Gasteiger partial charge in [0, 0.05) is 6.54 Å². The van der Waals surface area contributed by atoms with Crippen molar-refractivity contribution in [3.05, 3.63) is 0 Å². The second-order valence-electron chi connectivity index (χ2n) is 4.18. The second kappa shape index (κ2) is 8.44. The van der Waals surface area contributed by atoms with Gasteiger partial charge < -0.3 is 26.0 Å². The van der Waals surface area contributed by atoms with E-state index < -0.39 is 36.0 Å². The number of hydrogen-bond acceptors (Lipinski definition) is 5. The van der Waals surface area contributed by atoms with Crippen molar-refractivity contribution in [2.75, 3.05) is 6.54 Å². The quantitative estimate of drug-likeness (QED) is 0.332. The van der Waals surface area contributed by atoms with Crippen LogP contribution in [0.5, 0.6) is 0 Å². The average molecular weight is 276 g/mol. The highest BCUT2D eigenvalue weighted by molar-refractivity contribution is 5.85. The van der Waals surface area contributed by atoms with Gasteiger partial charge in [0.1, 0.15) is 18.2 Å². The number of aliphatic hydroxyl groups excluding tert-OH is 2. The van der Waals surface area contributed by atoms with E-state index in [9.17, 15) is 14.4 Å². The van der Waals surface area contributed by atoms with Crippen molar-refractivity contribution < 1.29 is 29.7 Å². The van der Waals surface area contributed by atoms with Crippen molar-refractivity contribution in [3.63, 3.8) is 0 Å². The van der Waals surface area contributed by atoms with Gasteiger partial charge in [-0.3, -0.25) is 9.59 Å². The summed E-state index contributed by atoms with van der Waals surface area (Å²) in [6, 6.07) is -1.12. The first-order chi connectivity index (χ1) is 8.75. The number of rotatable bonds is 8. The zero-order valence-corrected chi connectivity index (χ0v) is 10.9. The third-order valence-corrected chi connectivity index (χ3v) is 2.34. The maximum absolute atomic E-state index is 11.2. The molecule has 2 amide bonds. The van der Waals surface area contributed by atoms with Crippen LogP contribution in [-0.4, -0.2) is 57.9 Å². The third-order valence-electron chi connectivity index (χ3n) is 2.34. The van der Waals surface area contributed by atoms with Crippen LogP contribution in [0.25, 0.3) is 0 Å². The zero-order valence-electron chi connectivity index (χ0n) is 10.9. The van der Waals surface area contributed by atoms with Crippen molar-refractivity contribution in [3.8, 4) is 0 Å². The fraction of sp³-hybridized carbons (Fsp3) is 0.727. The van der Waals surface area contributed by atoms with E-state index >= 15 is 0 Å². The van der Waals surface area contributed by atoms with Crippen LogP contribution in [0.1, 0.15) is 26.7 Å². The number of carbonyl (C=O) groups excluding carboxylic acids is 2. The molecule has 0 rings (SSSR count). The second-order valence-corrected chi connectivity index (χ2v) is 4.18. The molecule has 0 saturated carbocycles. The number of hydrogen-bond donors (Lipinski definition) is 5. The highest BCUT2D eigenvalue weighted by atomic mass is 16.4. The first-order valence-corrected chi connectivity index (χ1v) is 5.92. The smallest absolute Gasteiger partial charge is 0.326 e. The Morgan fingerprint density at radius 2 is 1.58 bits per heavy atom. The van der Waals surface area contributed by atoms with Crippen LogP contribution >= 0.6 is 0 Å². The van der Waals surface area contributed by atoms with Crippen molar-refractivity contribution in [2.45, 2.75) is 44.9 Å². The molecule has 0 aromatic carbocycles. The SMILES string of the molecule is C[C@H](O)C(=O)NCCC[C@@H](NC(=O)[C@@H](C)O)C(=O)O. The highest BCUT2D eigenvalue weighted by Crippen LogP contribution is 1.98. The molecule has 110 valence electrons. The molecule has 5 N–H and O–H groups in total. The maximum Gasteiger partial charge on any atom is 0.326 e. The van der Waals surface area contributed by atoms with Crippen LogP contribution in [0.2, 0.25) is 0 Å². The molecular weight excluding hydrogens is 256 g/mol. The van der Waals surface area contributed by atoms with Crippen LogP contribution in [0.3, 0.4) is 0 Å². The summed E-state index contributed by atoms with van der Waals surface area (Å²) < 4.78 is 0. The summed E-state index contributed by atoms with van der Waals surface area (Å²) in [6.45, 7) is 2.74. The number of carboxylic acids is 1. The van der Waals surface area contributed by atoms with E-state index in [4.69, 9.17) is 15.3 Å². The molecule has 0 aromatic rings. The normalized spacial score (nSPS) is 15.2. The molecule has 0 aliphatic heterocycles. The van der Waals surface area contributed by atoms with Gasteiger partial charge >= 0.3 is 5.97 Å². The van der Waals surface area contributed by atoms with Gasteiger partial charge in [0.2, 0.25) is 11.8 Å². The van der Waals surface area contributed by atoms with Gasteiger partial charge in [-0.1, -0.05) is 0 Å². The van der Waals surface area contributed by atoms with Crippen LogP contribution in [0.4, 0.5) is 0 Å². The minimum absolute atomic E-state index is 0.105. The summed E-state index contributed by atoms with van der Waals surface area (Å²) in [7, 11) is 0. The molecule has 8 heteroatoms. The van der Waals surface area contributed by atoms with Gasteiger partial charge in [0.15, 0.2) is 0 Å². The molecule has 8 nitrogen and oxygen atoms in total. The summed E-state index contributed by atoms with van der Waals surface area (Å²) >= 11 is 0. The van der Waals surface area contributed by atoms with E-state index in [2.05, 4.69) is 10.6 Å². The summed E-state index contributed by atoms with van der Waals surface area (Å²) in [6.07, 6.45) is -1.98. The number of carboxylic acid groups (broad SMARTS) is 1. The lowest BCUT2D eigenvalue weighted by Gasteiger charge is -2.15. The molecule has 0 spiro atoms. The first kappa shape index (κ1) is 17.3. The van der Waals surface area contributed by atoms with Crippen LogP contribution < -0.4 is 10.6 Å². The largest absolute Gasteiger partial charge is 0.480 e. The Labute approximate surface area is 110 Å². The van der Waals surface area contributed by atoms with Crippen molar-refractivity contribution in [1.82, 2.24) is 10.6 Å². The molecule has 3 atom stereocenters. The minimum atomic E-state index is -1.28. The molecule has 0 radical (unpaired) electrons. The van der Waals surface area contributed by atoms with E-state index in [0.29, 0.717) is 6.42 Å². The number of amides is 2. The lowest BCUT2D eigenvalue weighted by atomic mass is 10.1. The molecule has 19 heavy (non-hydrogen) atoms. The van der Waals surface area contributed by atoms with Crippen molar-refractivity contribution >= 4 is 17.8 Å². The number of aliphatic hydroxyl groups is 2. The monoisotopic (exact) mass is 276 g/mol. The van der Waals surface area contributed by atoms with Gasteiger partial charge in [-0.05, 0) is 26.7 Å². The Balaban J connectivity index is 4.06. The molecule has 0 unspecified atom stereocenters. The molecule has 0 fully saturated rings. The molecule has 0 aliphatic carbocycles. The van der Waals surface area contributed by atoms with E-state index in [1.165, 1.54) is 13.8 Å². The summed E-state index contributed by atoms with van der Waals surface area (Å²) in [5, 5.41) is 31.3. The maximum atomic E-state index is 11.2. The van der Waals surface area contributed by atoms with Gasteiger partial charge in [-0.2, -0.15) is 0 Å². The standard InChI is InChI=1S/C11H20N2O6/c1-6(14)9(16)12-5-3-4-8(11(18)19)13-10(17)7(2)15/h6-8,14-15H,3-5H2,1-2H3,(H,12,16)(H,13,17)(H,18,19)/t6-,7+,8+/m0/s1. The lowest BCUT2D eigenvalue weighted by molar-refractivity contribution is -0.143. The number of aliphatic carboxylic acids is 1. The Kier molecular flexibility index (Phi) is 7.69. The molecule has 0 bridgehead atoms. The van der Waals surface area contributed by atoms with E-state index in [1.54, 1.807) is 0 Å². The third kappa shape index (κ3) is 7.37. The Bertz CT molecular complexity index is 329. The van der Waals surface area contributed by atoms with Crippen LogP contribution in [-0.2, 0) is 14.4 Å². The fourth-order valence-corrected chi connectivity index (χ4v) is 1.22. The van der Waals surface area contributed by atoms with Gasteiger partial charge in [-0.25, -0.2) is 4.79 Å². The Morgan fingerprint density at radius 3 is 2.00 bits per heavy atom.